The number of rotatable bonds is 8. The number of carbonyl (C=O) groups excluding carboxylic acids is 1. The maximum absolute atomic E-state index is 13.6. The summed E-state index contributed by atoms with van der Waals surface area (Å²) in [6.45, 7) is 7.24. The number of nitrogens with zero attached hydrogens (tertiary/aromatic N) is 1. The van der Waals surface area contributed by atoms with E-state index < -0.39 is 22.5 Å². The molecule has 0 aliphatic carbocycles. The Kier molecular flexibility index (Phi) is 7.97. The van der Waals surface area contributed by atoms with Crippen LogP contribution in [0.1, 0.15) is 35.6 Å². The van der Waals surface area contributed by atoms with Crippen molar-refractivity contribution >= 4 is 37.5 Å². The fraction of sp³-hybridized carbons (Fsp3) is 0.269. The summed E-state index contributed by atoms with van der Waals surface area (Å²) in [7, 11) is -4.15. The number of aryl methyl sites for hydroxylation is 3. The highest BCUT2D eigenvalue weighted by molar-refractivity contribution is 9.10. The zero-order valence-electron chi connectivity index (χ0n) is 19.3. The maximum Gasteiger partial charge on any atom is 0.278 e. The minimum atomic E-state index is -4.15. The van der Waals surface area contributed by atoms with Crippen LogP contribution in [0.5, 0.6) is 5.75 Å². The molecule has 33 heavy (non-hydrogen) atoms. The molecule has 0 aliphatic heterocycles. The van der Waals surface area contributed by atoms with Crippen LogP contribution in [0.3, 0.4) is 0 Å². The summed E-state index contributed by atoms with van der Waals surface area (Å²) in [5.74, 6) is -0.189. The second-order valence-electron chi connectivity index (χ2n) is 8.00. The largest absolute Gasteiger partial charge is 0.483 e. The summed E-state index contributed by atoms with van der Waals surface area (Å²) >= 11 is 3.49. The smallest absolute Gasteiger partial charge is 0.278 e. The molecule has 0 unspecified atom stereocenters. The Morgan fingerprint density at radius 3 is 2.33 bits per heavy atom. The van der Waals surface area contributed by atoms with Crippen LogP contribution >= 0.6 is 15.9 Å². The molecule has 3 aromatic carbocycles. The molecule has 0 saturated carbocycles. The van der Waals surface area contributed by atoms with Gasteiger partial charge in [-0.15, -0.1) is 0 Å². The summed E-state index contributed by atoms with van der Waals surface area (Å²) in [5, 5.41) is 0. The molecule has 0 N–H and O–H groups in total. The van der Waals surface area contributed by atoms with Crippen LogP contribution in [-0.4, -0.2) is 20.9 Å². The first-order valence-electron chi connectivity index (χ1n) is 10.8. The van der Waals surface area contributed by atoms with E-state index in [-0.39, 0.29) is 4.90 Å². The van der Waals surface area contributed by atoms with E-state index in [4.69, 9.17) is 4.74 Å². The Hall–Kier alpha value is -2.64. The number of sulfonamides is 1. The number of halogens is 1. The van der Waals surface area contributed by atoms with Crippen molar-refractivity contribution < 1.29 is 17.9 Å². The fourth-order valence-electron chi connectivity index (χ4n) is 3.47. The first-order chi connectivity index (χ1) is 15.6. The molecule has 0 atom stereocenters. The lowest BCUT2D eigenvalue weighted by molar-refractivity contribution is -0.119. The molecule has 0 aromatic heterocycles. The molecule has 174 valence electrons. The first-order valence-corrected chi connectivity index (χ1v) is 13.0. The molecule has 0 bridgehead atoms. The van der Waals surface area contributed by atoms with Gasteiger partial charge in [-0.3, -0.25) is 4.79 Å². The number of benzene rings is 3. The van der Waals surface area contributed by atoms with Gasteiger partial charge >= 0.3 is 0 Å². The molecule has 0 aliphatic rings. The molecule has 7 heteroatoms. The van der Waals surface area contributed by atoms with Gasteiger partial charge in [-0.25, -0.2) is 8.42 Å². The molecule has 0 radical (unpaired) electrons. The lowest BCUT2D eigenvalue weighted by atomic mass is 10.1. The van der Waals surface area contributed by atoms with Gasteiger partial charge in [0, 0.05) is 0 Å². The standard InChI is InChI=1S/C26H28BrNO4S/c1-5-7-21-12-15-25(23(27)16-21)32-17-26(29)28(24-9-6-8-19(3)20(24)4)33(30,31)22-13-10-18(2)11-14-22/h6,8-16H,5,7,17H2,1-4H3. The molecule has 0 saturated heterocycles. The Morgan fingerprint density at radius 1 is 1.00 bits per heavy atom. The zero-order chi connectivity index (χ0) is 24.2. The molecular formula is C26H28BrNO4S. The number of carbonyl (C=O) groups is 1. The lowest BCUT2D eigenvalue weighted by Crippen LogP contribution is -2.40. The van der Waals surface area contributed by atoms with Gasteiger partial charge in [0.2, 0.25) is 0 Å². The van der Waals surface area contributed by atoms with E-state index >= 15 is 0 Å². The van der Waals surface area contributed by atoms with Crippen molar-refractivity contribution in [3.8, 4) is 5.75 Å². The van der Waals surface area contributed by atoms with Crippen LogP contribution in [0.25, 0.3) is 0 Å². The second-order valence-corrected chi connectivity index (χ2v) is 10.6. The molecule has 1 amide bonds. The van der Waals surface area contributed by atoms with E-state index in [1.165, 1.54) is 12.1 Å². The summed E-state index contributed by atoms with van der Waals surface area (Å²) < 4.78 is 34.5. The van der Waals surface area contributed by atoms with Crippen LogP contribution in [-0.2, 0) is 21.2 Å². The van der Waals surface area contributed by atoms with Crippen molar-refractivity contribution in [1.29, 1.82) is 0 Å². The normalized spacial score (nSPS) is 11.3. The number of amides is 1. The SMILES string of the molecule is CCCc1ccc(OCC(=O)N(c2cccc(C)c2C)S(=O)(=O)c2ccc(C)cc2)c(Br)c1. The molecule has 0 spiro atoms. The lowest BCUT2D eigenvalue weighted by Gasteiger charge is -2.25. The molecule has 5 nitrogen and oxygen atoms in total. The van der Waals surface area contributed by atoms with E-state index in [1.807, 2.05) is 32.0 Å². The van der Waals surface area contributed by atoms with E-state index in [2.05, 4.69) is 22.9 Å². The predicted octanol–water partition coefficient (Wildman–Crippen LogP) is 6.13. The third-order valence-electron chi connectivity index (χ3n) is 5.47. The predicted molar refractivity (Wildman–Crippen MR) is 135 cm³/mol. The van der Waals surface area contributed by atoms with E-state index in [0.717, 1.165) is 38.3 Å². The molecule has 3 rings (SSSR count). The van der Waals surface area contributed by atoms with Crippen LogP contribution in [0, 0.1) is 20.8 Å². The van der Waals surface area contributed by atoms with Gasteiger partial charge in [0.05, 0.1) is 15.1 Å². The van der Waals surface area contributed by atoms with Gasteiger partial charge in [-0.05, 0) is 90.1 Å². The topological polar surface area (TPSA) is 63.7 Å². The Morgan fingerprint density at radius 2 is 1.70 bits per heavy atom. The quantitative estimate of drug-likeness (QED) is 0.352. The summed E-state index contributed by atoms with van der Waals surface area (Å²) in [4.78, 5) is 13.4. The van der Waals surface area contributed by atoms with Gasteiger partial charge in [0.25, 0.3) is 15.9 Å². The second kappa shape index (κ2) is 10.5. The van der Waals surface area contributed by atoms with Gasteiger partial charge in [-0.2, -0.15) is 4.31 Å². The van der Waals surface area contributed by atoms with Crippen LogP contribution < -0.4 is 9.04 Å². The molecule has 3 aromatic rings. The van der Waals surface area contributed by atoms with Gasteiger partial charge in [-0.1, -0.05) is 49.2 Å². The van der Waals surface area contributed by atoms with Crippen molar-refractivity contribution in [3.63, 3.8) is 0 Å². The molecule has 0 heterocycles. The van der Waals surface area contributed by atoms with Crippen molar-refractivity contribution in [2.75, 3.05) is 10.9 Å². The maximum atomic E-state index is 13.6. The van der Waals surface area contributed by atoms with Crippen molar-refractivity contribution in [2.24, 2.45) is 0 Å². The fourth-order valence-corrected chi connectivity index (χ4v) is 5.48. The molecule has 0 fully saturated rings. The number of anilines is 1. The van der Waals surface area contributed by atoms with Crippen LogP contribution in [0.15, 0.2) is 70.0 Å². The summed E-state index contributed by atoms with van der Waals surface area (Å²) in [6.07, 6.45) is 1.96. The van der Waals surface area contributed by atoms with Crippen LogP contribution in [0.2, 0.25) is 0 Å². The third kappa shape index (κ3) is 5.65. The Labute approximate surface area is 204 Å². The van der Waals surface area contributed by atoms with Crippen molar-refractivity contribution in [2.45, 2.75) is 45.4 Å². The number of ether oxygens (including phenoxy) is 1. The number of hydrogen-bond acceptors (Lipinski definition) is 4. The van der Waals surface area contributed by atoms with Gasteiger partial charge < -0.3 is 4.74 Å². The average Bonchev–Trinajstić information content (AvgIpc) is 2.77. The first kappa shape index (κ1) is 25.0. The van der Waals surface area contributed by atoms with Crippen molar-refractivity contribution in [3.05, 3.63) is 87.4 Å². The highest BCUT2D eigenvalue weighted by atomic mass is 79.9. The molecular weight excluding hydrogens is 502 g/mol. The zero-order valence-corrected chi connectivity index (χ0v) is 21.7. The van der Waals surface area contributed by atoms with E-state index in [0.29, 0.717) is 17.0 Å². The van der Waals surface area contributed by atoms with Gasteiger partial charge in [0.15, 0.2) is 6.61 Å². The van der Waals surface area contributed by atoms with Gasteiger partial charge in [0.1, 0.15) is 5.75 Å². The van der Waals surface area contributed by atoms with E-state index in [1.54, 1.807) is 37.3 Å². The average molecular weight is 530 g/mol. The Balaban J connectivity index is 1.97. The highest BCUT2D eigenvalue weighted by Gasteiger charge is 2.32. The number of hydrogen-bond donors (Lipinski definition) is 0. The monoisotopic (exact) mass is 529 g/mol. The summed E-state index contributed by atoms with van der Waals surface area (Å²) in [6, 6.07) is 17.4. The summed E-state index contributed by atoms with van der Waals surface area (Å²) in [5.41, 5.74) is 4.01. The van der Waals surface area contributed by atoms with Crippen LogP contribution in [0.4, 0.5) is 5.69 Å². The van der Waals surface area contributed by atoms with Crippen molar-refractivity contribution in [1.82, 2.24) is 0 Å². The third-order valence-corrected chi connectivity index (χ3v) is 7.84. The highest BCUT2D eigenvalue weighted by Crippen LogP contribution is 2.30. The Bertz CT molecular complexity index is 1250. The minimum Gasteiger partial charge on any atom is -0.483 e. The minimum absolute atomic E-state index is 0.0486. The van der Waals surface area contributed by atoms with E-state index in [9.17, 15) is 13.2 Å².